The minimum absolute atomic E-state index is 0.607. The van der Waals surface area contributed by atoms with Crippen LogP contribution in [0.4, 0.5) is 5.69 Å². The second kappa shape index (κ2) is 13.4. The van der Waals surface area contributed by atoms with Crippen molar-refractivity contribution in [3.8, 4) is 0 Å². The van der Waals surface area contributed by atoms with Crippen LogP contribution in [0.1, 0.15) is 32.0 Å². The van der Waals surface area contributed by atoms with Crippen molar-refractivity contribution in [2.24, 2.45) is 5.73 Å². The zero-order valence-corrected chi connectivity index (χ0v) is 21.4. The van der Waals surface area contributed by atoms with E-state index in [-0.39, 0.29) is 0 Å². The Balaban J connectivity index is 0.00000145. The van der Waals surface area contributed by atoms with Crippen LogP contribution in [0.15, 0.2) is 115 Å². The Morgan fingerprint density at radius 3 is 2.34 bits per heavy atom. The number of aromatic nitrogens is 2. The number of hydrogen-bond donors (Lipinski definition) is 3. The molecule has 1 aliphatic carbocycles. The summed E-state index contributed by atoms with van der Waals surface area (Å²) in [6.07, 6.45) is 5.55. The lowest BCUT2D eigenvalue weighted by molar-refractivity contribution is -0.0979. The lowest BCUT2D eigenvalue weighted by atomic mass is 9.90. The van der Waals surface area contributed by atoms with Gasteiger partial charge in [-0.05, 0) is 48.8 Å². The third kappa shape index (κ3) is 7.08. The smallest absolute Gasteiger partial charge is 0.106 e. The van der Waals surface area contributed by atoms with Crippen LogP contribution in [0.2, 0.25) is 0 Å². The predicted molar refractivity (Wildman–Crippen MR) is 149 cm³/mol. The van der Waals surface area contributed by atoms with E-state index in [1.165, 1.54) is 0 Å². The minimum Gasteiger partial charge on any atom is -0.397 e. The standard InChI is InChI=1S/C26H29N5.C2H6.CH2O/c1-16(2)24(31-15-28-13-18(31)4)11-17(3)21(7)29-14-22-9-8-10-23(12-22)30-26-20(6)19(5)25(26)27;2*1-2/h8-13,15,29-30H,1,3,5-7,14,27H2,2,4H3;1-2H3;1H2/b24-11-;;. The number of imidazole rings is 1. The van der Waals surface area contributed by atoms with Crippen molar-refractivity contribution in [3.63, 3.8) is 0 Å². The van der Waals surface area contributed by atoms with E-state index in [1.807, 2.05) is 69.5 Å². The first kappa shape index (κ1) is 28.7. The number of rotatable bonds is 9. The Hall–Kier alpha value is -4.32. The summed E-state index contributed by atoms with van der Waals surface area (Å²) >= 11 is 0. The largest absolute Gasteiger partial charge is 0.397 e. The summed E-state index contributed by atoms with van der Waals surface area (Å²) in [5.41, 5.74) is 15.6. The van der Waals surface area contributed by atoms with E-state index in [0.717, 1.165) is 56.3 Å². The first-order chi connectivity index (χ1) is 16.7. The van der Waals surface area contributed by atoms with E-state index in [1.54, 1.807) is 6.33 Å². The number of nitrogens with zero attached hydrogens (tertiary/aromatic N) is 2. The first-order valence-electron chi connectivity index (χ1n) is 11.2. The number of benzene rings is 1. The quantitative estimate of drug-likeness (QED) is 0.390. The lowest BCUT2D eigenvalue weighted by Gasteiger charge is -2.27. The van der Waals surface area contributed by atoms with Crippen molar-refractivity contribution in [1.82, 2.24) is 14.9 Å². The molecule has 0 spiro atoms. The Bertz CT molecular complexity index is 1190. The Labute approximate surface area is 209 Å². The fourth-order valence-electron chi connectivity index (χ4n) is 3.20. The molecule has 0 amide bonds. The van der Waals surface area contributed by atoms with Gasteiger partial charge in [0.15, 0.2) is 0 Å². The third-order valence-electron chi connectivity index (χ3n) is 5.18. The maximum absolute atomic E-state index is 8.00. The molecule has 0 atom stereocenters. The summed E-state index contributed by atoms with van der Waals surface area (Å²) in [6, 6.07) is 8.08. The van der Waals surface area contributed by atoms with Gasteiger partial charge < -0.3 is 25.7 Å². The molecule has 0 saturated heterocycles. The second-order valence-corrected chi connectivity index (χ2v) is 7.64. The Kier molecular flexibility index (Phi) is 11.0. The zero-order chi connectivity index (χ0) is 26.7. The molecule has 2 aromatic rings. The lowest BCUT2D eigenvalue weighted by Crippen LogP contribution is -2.23. The van der Waals surface area contributed by atoms with Gasteiger partial charge in [-0.1, -0.05) is 58.9 Å². The molecule has 35 heavy (non-hydrogen) atoms. The fourth-order valence-corrected chi connectivity index (χ4v) is 3.20. The van der Waals surface area contributed by atoms with Gasteiger partial charge in [0.25, 0.3) is 0 Å². The highest BCUT2D eigenvalue weighted by Crippen LogP contribution is 2.34. The molecule has 1 heterocycles. The predicted octanol–water partition coefficient (Wildman–Crippen LogP) is 6.02. The van der Waals surface area contributed by atoms with Gasteiger partial charge in [-0.2, -0.15) is 0 Å². The number of aryl methyl sites for hydroxylation is 1. The second-order valence-electron chi connectivity index (χ2n) is 7.64. The van der Waals surface area contributed by atoms with Gasteiger partial charge in [-0.15, -0.1) is 0 Å². The maximum atomic E-state index is 8.00. The number of anilines is 1. The van der Waals surface area contributed by atoms with Crippen LogP contribution in [0.5, 0.6) is 0 Å². The normalized spacial score (nSPS) is 12.4. The average Bonchev–Trinajstić information content (AvgIpc) is 3.31. The number of hydrogen-bond acceptors (Lipinski definition) is 5. The summed E-state index contributed by atoms with van der Waals surface area (Å²) in [5, 5.41) is 6.66. The molecule has 6 nitrogen and oxygen atoms in total. The number of nitrogens with two attached hydrogens (primary N) is 1. The van der Waals surface area contributed by atoms with Crippen LogP contribution in [0, 0.1) is 6.92 Å². The van der Waals surface area contributed by atoms with Gasteiger partial charge >= 0.3 is 0 Å². The highest BCUT2D eigenvalue weighted by atomic mass is 16.1. The van der Waals surface area contributed by atoms with Crippen LogP contribution in [-0.2, 0) is 11.3 Å². The van der Waals surface area contributed by atoms with E-state index in [4.69, 9.17) is 10.5 Å². The number of carbonyl (C=O) groups excluding carboxylic acids is 1. The van der Waals surface area contributed by atoms with Gasteiger partial charge in [0.1, 0.15) is 6.79 Å². The Morgan fingerprint density at radius 2 is 1.80 bits per heavy atom. The molecule has 1 aromatic carbocycles. The molecule has 4 N–H and O–H groups in total. The third-order valence-corrected chi connectivity index (χ3v) is 5.18. The highest BCUT2D eigenvalue weighted by molar-refractivity contribution is 5.72. The molecule has 3 rings (SSSR count). The monoisotopic (exact) mass is 471 g/mol. The highest BCUT2D eigenvalue weighted by Gasteiger charge is 2.23. The molecule has 0 fully saturated rings. The molecule has 1 aliphatic rings. The summed E-state index contributed by atoms with van der Waals surface area (Å²) in [7, 11) is 0. The van der Waals surface area contributed by atoms with Crippen molar-refractivity contribution in [2.75, 3.05) is 5.32 Å². The van der Waals surface area contributed by atoms with Gasteiger partial charge in [-0.25, -0.2) is 4.98 Å². The van der Waals surface area contributed by atoms with Gasteiger partial charge in [-0.3, -0.25) is 0 Å². The maximum Gasteiger partial charge on any atom is 0.106 e. The molecule has 0 saturated carbocycles. The molecule has 0 radical (unpaired) electrons. The molecular formula is C29H37N5O. The first-order valence-corrected chi connectivity index (χ1v) is 11.2. The van der Waals surface area contributed by atoms with Crippen LogP contribution >= 0.6 is 0 Å². The van der Waals surface area contributed by atoms with E-state index in [2.05, 4.69) is 54.6 Å². The number of allylic oxidation sites excluding steroid dienone is 5. The van der Waals surface area contributed by atoms with Crippen LogP contribution in [-0.4, -0.2) is 16.3 Å². The van der Waals surface area contributed by atoms with Gasteiger partial charge in [0.2, 0.25) is 0 Å². The summed E-state index contributed by atoms with van der Waals surface area (Å²) < 4.78 is 1.99. The molecule has 6 heteroatoms. The van der Waals surface area contributed by atoms with Crippen molar-refractivity contribution in [2.45, 2.75) is 34.2 Å². The van der Waals surface area contributed by atoms with E-state index >= 15 is 0 Å². The molecular weight excluding hydrogens is 434 g/mol. The average molecular weight is 472 g/mol. The molecule has 184 valence electrons. The zero-order valence-electron chi connectivity index (χ0n) is 21.4. The van der Waals surface area contributed by atoms with E-state index in [9.17, 15) is 0 Å². The summed E-state index contributed by atoms with van der Waals surface area (Å²) in [6.45, 7) is 30.8. The number of carbonyl (C=O) groups is 1. The van der Waals surface area contributed by atoms with E-state index < -0.39 is 0 Å². The SMILES string of the molecule is C=C(/C=C(/C(=C)C)n1cncc1C)C(=C)NCc1cccc(NC2=C(N)C(=C)C2=C)c1.C=O.CC. The molecule has 0 aliphatic heterocycles. The van der Waals surface area contributed by atoms with Gasteiger partial charge in [0, 0.05) is 46.7 Å². The van der Waals surface area contributed by atoms with Crippen molar-refractivity contribution in [1.29, 1.82) is 0 Å². The number of nitrogens with one attached hydrogen (secondary N) is 2. The molecule has 0 unspecified atom stereocenters. The van der Waals surface area contributed by atoms with Crippen molar-refractivity contribution in [3.05, 3.63) is 126 Å². The minimum atomic E-state index is 0.607. The van der Waals surface area contributed by atoms with Crippen molar-refractivity contribution < 1.29 is 4.79 Å². The summed E-state index contributed by atoms with van der Waals surface area (Å²) in [4.78, 5) is 12.2. The molecule has 0 bridgehead atoms. The van der Waals surface area contributed by atoms with Crippen molar-refractivity contribution >= 4 is 18.2 Å². The van der Waals surface area contributed by atoms with Crippen LogP contribution in [0.3, 0.4) is 0 Å². The Morgan fingerprint density at radius 1 is 1.14 bits per heavy atom. The summed E-state index contributed by atoms with van der Waals surface area (Å²) in [5.74, 6) is 0. The fraction of sp³-hybridized carbons (Fsp3) is 0.172. The van der Waals surface area contributed by atoms with Crippen LogP contribution < -0.4 is 16.4 Å². The topological polar surface area (TPSA) is 85.0 Å². The van der Waals surface area contributed by atoms with Gasteiger partial charge in [0.05, 0.1) is 17.7 Å². The van der Waals surface area contributed by atoms with Crippen LogP contribution in [0.25, 0.3) is 5.70 Å². The molecule has 1 aromatic heterocycles. The van der Waals surface area contributed by atoms with E-state index in [0.29, 0.717) is 12.2 Å².